The molecule has 1 aliphatic heterocycles. The standard InChI is InChI=1S/C14H18N2O/c1-2-4-9-7-10(15)8-11-12(9)16-13(17)14(11)5-3-6-14/h7-8H,2-6,15H2,1H3,(H,16,17). The molecule has 90 valence electrons. The van der Waals surface area contributed by atoms with Crippen molar-refractivity contribution in [1.82, 2.24) is 0 Å². The molecule has 0 aromatic heterocycles. The second-order valence-electron chi connectivity index (χ2n) is 5.24. The van der Waals surface area contributed by atoms with Gasteiger partial charge in [-0.2, -0.15) is 0 Å². The Hall–Kier alpha value is -1.51. The van der Waals surface area contributed by atoms with Gasteiger partial charge in [0.15, 0.2) is 0 Å². The van der Waals surface area contributed by atoms with Crippen molar-refractivity contribution < 1.29 is 4.79 Å². The van der Waals surface area contributed by atoms with Gasteiger partial charge in [0.1, 0.15) is 0 Å². The lowest BCUT2D eigenvalue weighted by Crippen LogP contribution is -2.40. The van der Waals surface area contributed by atoms with E-state index >= 15 is 0 Å². The lowest BCUT2D eigenvalue weighted by molar-refractivity contribution is -0.123. The van der Waals surface area contributed by atoms with Crippen molar-refractivity contribution in [3.63, 3.8) is 0 Å². The number of nitrogens with two attached hydrogens (primary N) is 1. The molecule has 17 heavy (non-hydrogen) atoms. The van der Waals surface area contributed by atoms with Crippen LogP contribution in [0.2, 0.25) is 0 Å². The van der Waals surface area contributed by atoms with Crippen molar-refractivity contribution in [1.29, 1.82) is 0 Å². The highest BCUT2D eigenvalue weighted by atomic mass is 16.2. The molecular formula is C14H18N2O. The van der Waals surface area contributed by atoms with E-state index in [2.05, 4.69) is 12.2 Å². The number of nitrogen functional groups attached to an aromatic ring is 1. The number of carbonyl (C=O) groups excluding carboxylic acids is 1. The maximum atomic E-state index is 12.2. The molecule has 2 aliphatic rings. The third kappa shape index (κ3) is 1.31. The van der Waals surface area contributed by atoms with Gasteiger partial charge in [0.2, 0.25) is 5.91 Å². The molecule has 3 N–H and O–H groups in total. The quantitative estimate of drug-likeness (QED) is 0.767. The second kappa shape index (κ2) is 3.49. The summed E-state index contributed by atoms with van der Waals surface area (Å²) in [6, 6.07) is 3.99. The molecule has 1 spiro atoms. The second-order valence-corrected chi connectivity index (χ2v) is 5.24. The number of fused-ring (bicyclic) bond motifs is 2. The van der Waals surface area contributed by atoms with Gasteiger partial charge in [-0.15, -0.1) is 0 Å². The lowest BCUT2D eigenvalue weighted by Gasteiger charge is -2.36. The fourth-order valence-corrected chi connectivity index (χ4v) is 3.10. The molecule has 1 saturated carbocycles. The number of anilines is 2. The van der Waals surface area contributed by atoms with Crippen LogP contribution in [0.15, 0.2) is 12.1 Å². The van der Waals surface area contributed by atoms with E-state index in [0.717, 1.165) is 49.0 Å². The highest BCUT2D eigenvalue weighted by Gasteiger charge is 2.51. The van der Waals surface area contributed by atoms with E-state index in [1.165, 1.54) is 5.56 Å². The molecule has 1 amide bonds. The van der Waals surface area contributed by atoms with Gasteiger partial charge >= 0.3 is 0 Å². The van der Waals surface area contributed by atoms with E-state index in [-0.39, 0.29) is 11.3 Å². The number of nitrogens with one attached hydrogen (secondary N) is 1. The summed E-state index contributed by atoms with van der Waals surface area (Å²) in [6.45, 7) is 2.14. The molecule has 3 heteroatoms. The minimum atomic E-state index is -0.243. The van der Waals surface area contributed by atoms with Gasteiger partial charge in [0.05, 0.1) is 5.41 Å². The zero-order valence-corrected chi connectivity index (χ0v) is 10.2. The summed E-state index contributed by atoms with van der Waals surface area (Å²) in [6.07, 6.45) is 5.13. The molecule has 0 atom stereocenters. The Morgan fingerprint density at radius 2 is 2.18 bits per heavy atom. The van der Waals surface area contributed by atoms with Crippen molar-refractivity contribution in [2.75, 3.05) is 11.1 Å². The summed E-state index contributed by atoms with van der Waals surface area (Å²) in [5, 5.41) is 3.08. The Morgan fingerprint density at radius 3 is 2.76 bits per heavy atom. The van der Waals surface area contributed by atoms with Crippen LogP contribution in [-0.2, 0) is 16.6 Å². The van der Waals surface area contributed by atoms with Gasteiger partial charge in [-0.1, -0.05) is 19.8 Å². The number of rotatable bonds is 2. The molecule has 0 unspecified atom stereocenters. The first-order valence-electron chi connectivity index (χ1n) is 6.42. The van der Waals surface area contributed by atoms with Crippen LogP contribution in [-0.4, -0.2) is 5.91 Å². The zero-order chi connectivity index (χ0) is 12.0. The summed E-state index contributed by atoms with van der Waals surface area (Å²) >= 11 is 0. The van der Waals surface area contributed by atoms with Crippen LogP contribution >= 0.6 is 0 Å². The SMILES string of the molecule is CCCc1cc(N)cc2c1NC(=O)C21CCC1. The highest BCUT2D eigenvalue weighted by molar-refractivity contribution is 6.08. The van der Waals surface area contributed by atoms with Crippen molar-refractivity contribution in [3.8, 4) is 0 Å². The Labute approximate surface area is 101 Å². The monoisotopic (exact) mass is 230 g/mol. The van der Waals surface area contributed by atoms with E-state index < -0.39 is 0 Å². The first-order chi connectivity index (χ1) is 8.17. The molecular weight excluding hydrogens is 212 g/mol. The summed E-state index contributed by atoms with van der Waals surface area (Å²) < 4.78 is 0. The number of amides is 1. The van der Waals surface area contributed by atoms with Gasteiger partial charge in [-0.3, -0.25) is 4.79 Å². The molecule has 0 saturated heterocycles. The number of hydrogen-bond donors (Lipinski definition) is 2. The van der Waals surface area contributed by atoms with Crippen LogP contribution in [0.4, 0.5) is 11.4 Å². The van der Waals surface area contributed by atoms with E-state index in [4.69, 9.17) is 5.73 Å². The van der Waals surface area contributed by atoms with Gasteiger partial charge in [0.25, 0.3) is 0 Å². The fourth-order valence-electron chi connectivity index (χ4n) is 3.10. The average Bonchev–Trinajstić information content (AvgIpc) is 2.50. The third-order valence-corrected chi connectivity index (χ3v) is 4.16. The van der Waals surface area contributed by atoms with Gasteiger partial charge < -0.3 is 11.1 Å². The van der Waals surface area contributed by atoms with Crippen molar-refractivity contribution >= 4 is 17.3 Å². The molecule has 1 aromatic carbocycles. The van der Waals surface area contributed by atoms with Crippen LogP contribution in [0.5, 0.6) is 0 Å². The molecule has 3 nitrogen and oxygen atoms in total. The molecule has 1 aliphatic carbocycles. The van der Waals surface area contributed by atoms with Crippen molar-refractivity contribution in [3.05, 3.63) is 23.3 Å². The molecule has 0 radical (unpaired) electrons. The Morgan fingerprint density at radius 1 is 1.41 bits per heavy atom. The fraction of sp³-hybridized carbons (Fsp3) is 0.500. The van der Waals surface area contributed by atoms with Crippen LogP contribution in [0.3, 0.4) is 0 Å². The van der Waals surface area contributed by atoms with E-state index in [0.29, 0.717) is 0 Å². The summed E-state index contributed by atoms with van der Waals surface area (Å²) in [5.74, 6) is 0.182. The molecule has 1 fully saturated rings. The van der Waals surface area contributed by atoms with Gasteiger partial charge in [-0.25, -0.2) is 0 Å². The lowest BCUT2D eigenvalue weighted by atomic mass is 9.65. The number of carbonyl (C=O) groups is 1. The largest absolute Gasteiger partial charge is 0.399 e. The van der Waals surface area contributed by atoms with Gasteiger partial charge in [-0.05, 0) is 42.5 Å². The number of benzene rings is 1. The average molecular weight is 230 g/mol. The van der Waals surface area contributed by atoms with E-state index in [9.17, 15) is 4.79 Å². The minimum Gasteiger partial charge on any atom is -0.399 e. The zero-order valence-electron chi connectivity index (χ0n) is 10.2. The Balaban J connectivity index is 2.15. The van der Waals surface area contributed by atoms with Crippen LogP contribution in [0, 0.1) is 0 Å². The molecule has 1 aromatic rings. The molecule has 3 rings (SSSR count). The third-order valence-electron chi connectivity index (χ3n) is 4.16. The van der Waals surface area contributed by atoms with E-state index in [1.54, 1.807) is 0 Å². The molecule has 1 heterocycles. The topological polar surface area (TPSA) is 55.1 Å². The smallest absolute Gasteiger partial charge is 0.235 e. The Bertz CT molecular complexity index is 489. The first kappa shape index (κ1) is 10.6. The van der Waals surface area contributed by atoms with Crippen LogP contribution in [0.25, 0.3) is 0 Å². The Kier molecular flexibility index (Phi) is 2.18. The summed E-state index contributed by atoms with van der Waals surface area (Å²) in [4.78, 5) is 12.2. The normalized spacial score (nSPS) is 19.9. The predicted octanol–water partition coefficient (Wildman–Crippen LogP) is 2.60. The maximum absolute atomic E-state index is 12.2. The van der Waals surface area contributed by atoms with E-state index in [1.807, 2.05) is 12.1 Å². The van der Waals surface area contributed by atoms with Crippen LogP contribution < -0.4 is 11.1 Å². The predicted molar refractivity (Wildman–Crippen MR) is 69.0 cm³/mol. The van der Waals surface area contributed by atoms with Crippen LogP contribution in [0.1, 0.15) is 43.7 Å². The maximum Gasteiger partial charge on any atom is 0.235 e. The first-order valence-corrected chi connectivity index (χ1v) is 6.42. The summed E-state index contributed by atoms with van der Waals surface area (Å²) in [5.41, 5.74) is 9.90. The number of hydrogen-bond acceptors (Lipinski definition) is 2. The minimum absolute atomic E-state index is 0.182. The van der Waals surface area contributed by atoms with Gasteiger partial charge in [0, 0.05) is 11.4 Å². The van der Waals surface area contributed by atoms with Crippen molar-refractivity contribution in [2.24, 2.45) is 0 Å². The van der Waals surface area contributed by atoms with Crippen molar-refractivity contribution in [2.45, 2.75) is 44.4 Å². The molecule has 0 bridgehead atoms. The highest BCUT2D eigenvalue weighted by Crippen LogP contribution is 2.52. The number of aryl methyl sites for hydroxylation is 1. The summed E-state index contributed by atoms with van der Waals surface area (Å²) in [7, 11) is 0.